The molecule has 1 aliphatic heterocycles. The lowest BCUT2D eigenvalue weighted by Crippen LogP contribution is -3.00. The van der Waals surface area contributed by atoms with Crippen molar-refractivity contribution in [3.05, 3.63) is 167 Å². The van der Waals surface area contributed by atoms with E-state index in [0.29, 0.717) is 6.61 Å². The molecule has 5 aromatic carbocycles. The Morgan fingerprint density at radius 3 is 1.95 bits per heavy atom. The molecule has 0 bridgehead atoms. The molecule has 0 fully saturated rings. The average molecular weight is 919 g/mol. The summed E-state index contributed by atoms with van der Waals surface area (Å²) in [7, 11) is 3.21. The zero-order valence-electron chi connectivity index (χ0n) is 36.3. The minimum atomic E-state index is -2.21. The van der Waals surface area contributed by atoms with Crippen LogP contribution in [0.25, 0.3) is 17.0 Å². The van der Waals surface area contributed by atoms with Gasteiger partial charge in [0, 0.05) is 24.1 Å². The van der Waals surface area contributed by atoms with Crippen molar-refractivity contribution in [3.8, 4) is 11.5 Å². The highest BCUT2D eigenvalue weighted by Crippen LogP contribution is 2.46. The molecule has 1 amide bonds. The van der Waals surface area contributed by atoms with E-state index in [4.69, 9.17) is 18.6 Å². The summed E-state index contributed by atoms with van der Waals surface area (Å²) in [5.41, 5.74) is 4.98. The van der Waals surface area contributed by atoms with E-state index in [1.807, 2.05) is 89.6 Å². The molecule has 1 aliphatic rings. The minimum Gasteiger partial charge on any atom is -1.00 e. The molecule has 61 heavy (non-hydrogen) atoms. The molecule has 1 atom stereocenters. The van der Waals surface area contributed by atoms with Crippen LogP contribution < -0.4 is 41.2 Å². The van der Waals surface area contributed by atoms with Gasteiger partial charge in [0.1, 0.15) is 17.1 Å². The second kappa shape index (κ2) is 19.4. The molecule has 8 nitrogen and oxygen atoms in total. The number of pyridine rings is 1. The van der Waals surface area contributed by atoms with Crippen molar-refractivity contribution in [1.82, 2.24) is 5.32 Å². The number of anilines is 1. The fraction of sp³-hybridized carbons (Fsp3) is 0.280. The molecule has 318 valence electrons. The van der Waals surface area contributed by atoms with E-state index < -0.39 is 20.0 Å². The number of hydrogen-bond donors (Lipinski definition) is 1. The number of methoxy groups -OCH3 is 2. The van der Waals surface area contributed by atoms with Crippen molar-refractivity contribution in [2.24, 2.45) is 0 Å². The highest BCUT2D eigenvalue weighted by atomic mass is 79.9. The number of thioether (sulfide) groups is 1. The molecular weight excluding hydrogens is 863 g/mol. The number of carbonyl (C=O) groups excluding carboxylic acids is 1. The number of halogens is 1. The van der Waals surface area contributed by atoms with Gasteiger partial charge in [-0.3, -0.25) is 4.79 Å². The Morgan fingerprint density at radius 1 is 0.770 bits per heavy atom. The first-order valence-corrected chi connectivity index (χ1v) is 24.1. The predicted octanol–water partition coefficient (Wildman–Crippen LogP) is 7.20. The number of amides is 1. The fourth-order valence-electron chi connectivity index (χ4n) is 7.34. The Balaban J connectivity index is 0.00000622. The highest BCUT2D eigenvalue weighted by molar-refractivity contribution is 8.03. The first-order chi connectivity index (χ1) is 28.8. The van der Waals surface area contributed by atoms with Crippen molar-refractivity contribution in [1.29, 1.82) is 0 Å². The van der Waals surface area contributed by atoms with Crippen LogP contribution in [-0.2, 0) is 26.1 Å². The summed E-state index contributed by atoms with van der Waals surface area (Å²) >= 11 is 1.77. The van der Waals surface area contributed by atoms with E-state index in [0.717, 1.165) is 49.7 Å². The molecule has 0 saturated heterocycles. The fourth-order valence-corrected chi connectivity index (χ4v) is 9.49. The molecule has 0 spiro atoms. The number of fused-ring (bicyclic) bond motifs is 2. The number of ether oxygens (including phenoxy) is 3. The number of para-hydroxylation sites is 2. The molecule has 7 rings (SSSR count). The van der Waals surface area contributed by atoms with Crippen molar-refractivity contribution in [2.75, 3.05) is 39.4 Å². The van der Waals surface area contributed by atoms with E-state index in [1.54, 1.807) is 26.0 Å². The molecule has 11 heteroatoms. The Morgan fingerprint density at radius 2 is 1.34 bits per heavy atom. The minimum absolute atomic E-state index is 0. The number of nitrogens with one attached hydrogen (secondary N) is 1. The summed E-state index contributed by atoms with van der Waals surface area (Å²) < 4.78 is 27.3. The summed E-state index contributed by atoms with van der Waals surface area (Å²) in [5.74, 6) is 1.35. The van der Waals surface area contributed by atoms with Gasteiger partial charge in [0.05, 0.1) is 49.6 Å². The van der Waals surface area contributed by atoms with Crippen LogP contribution in [-0.4, -0.2) is 54.7 Å². The van der Waals surface area contributed by atoms with Gasteiger partial charge in [-0.15, -0.1) is 0 Å². The van der Waals surface area contributed by atoms with E-state index in [2.05, 4.69) is 112 Å². The molecule has 1 aromatic heterocycles. The second-order valence-electron chi connectivity index (χ2n) is 16.7. The van der Waals surface area contributed by atoms with Gasteiger partial charge in [-0.1, -0.05) is 111 Å². The standard InChI is InChI=1S/C50H55N3O5SSi.BrH/c1-49(2,3)60(7,8)58-35-40(34-57-50(37-16-10-9-11-17-37,38-22-26-41(55-5)27-23-38)39-24-28-42(56-6)29-25-39)51-47(54)33-53-31-30-36(43-18-12-13-19-44(43)53)32-48-52(4)45-20-14-15-21-46(45)59-48;/h9-32,40H,33-35H2,1-8H3;1H/t40-;/m0./s1. The lowest BCUT2D eigenvalue weighted by Gasteiger charge is -2.39. The summed E-state index contributed by atoms with van der Waals surface area (Å²) in [6.45, 7) is 11.7. The zero-order valence-corrected chi connectivity index (χ0v) is 39.7. The van der Waals surface area contributed by atoms with Gasteiger partial charge in [0.15, 0.2) is 14.5 Å². The monoisotopic (exact) mass is 917 g/mol. The Labute approximate surface area is 376 Å². The van der Waals surface area contributed by atoms with Crippen LogP contribution in [0.3, 0.4) is 0 Å². The number of hydrogen-bond acceptors (Lipinski definition) is 7. The van der Waals surface area contributed by atoms with E-state index >= 15 is 0 Å². The van der Waals surface area contributed by atoms with E-state index in [9.17, 15) is 4.79 Å². The second-order valence-corrected chi connectivity index (χ2v) is 22.6. The third-order valence-corrected chi connectivity index (χ3v) is 17.5. The number of aromatic nitrogens is 1. The molecule has 0 radical (unpaired) electrons. The molecule has 1 N–H and O–H groups in total. The first-order valence-electron chi connectivity index (χ1n) is 20.4. The van der Waals surface area contributed by atoms with Gasteiger partial charge in [0.25, 0.3) is 5.91 Å². The maximum absolute atomic E-state index is 14.3. The molecule has 2 heterocycles. The van der Waals surface area contributed by atoms with Gasteiger partial charge in [-0.2, -0.15) is 4.57 Å². The third-order valence-electron chi connectivity index (χ3n) is 11.8. The normalized spacial score (nSPS) is 14.0. The average Bonchev–Trinajstić information content (AvgIpc) is 3.58. The number of rotatable bonds is 15. The number of carbonyl (C=O) groups is 1. The predicted molar refractivity (Wildman–Crippen MR) is 246 cm³/mol. The smallest absolute Gasteiger partial charge is 0.286 e. The summed E-state index contributed by atoms with van der Waals surface area (Å²) in [6, 6.07) is 44.5. The highest BCUT2D eigenvalue weighted by Gasteiger charge is 2.41. The van der Waals surface area contributed by atoms with E-state index in [1.165, 1.54) is 10.6 Å². The maximum Gasteiger partial charge on any atom is 0.286 e. The Bertz CT molecular complexity index is 2410. The lowest BCUT2D eigenvalue weighted by molar-refractivity contribution is -0.658. The molecule has 0 unspecified atom stereocenters. The number of nitrogens with zero attached hydrogens (tertiary/aromatic N) is 2. The largest absolute Gasteiger partial charge is 1.00 e. The quantitative estimate of drug-likeness (QED) is 0.0664. The molecule has 0 aliphatic carbocycles. The van der Waals surface area contributed by atoms with Gasteiger partial charge in [0.2, 0.25) is 12.1 Å². The molecule has 0 saturated carbocycles. The van der Waals surface area contributed by atoms with Crippen LogP contribution in [0.5, 0.6) is 11.5 Å². The first kappa shape index (κ1) is 45.6. The van der Waals surface area contributed by atoms with Crippen molar-refractivity contribution in [2.45, 2.75) is 62.0 Å². The summed E-state index contributed by atoms with van der Waals surface area (Å²) in [5, 5.41) is 5.55. The van der Waals surface area contributed by atoms with Gasteiger partial charge < -0.3 is 45.8 Å². The number of benzene rings is 5. The molecular formula is C50H56BrN3O5SSi. The van der Waals surface area contributed by atoms with Crippen molar-refractivity contribution in [3.63, 3.8) is 0 Å². The van der Waals surface area contributed by atoms with Gasteiger partial charge >= 0.3 is 0 Å². The van der Waals surface area contributed by atoms with E-state index in [-0.39, 0.29) is 41.1 Å². The van der Waals surface area contributed by atoms with Crippen LogP contribution in [0.2, 0.25) is 18.1 Å². The van der Waals surface area contributed by atoms with Crippen molar-refractivity contribution >= 4 is 48.7 Å². The Hall–Kier alpha value is -4.91. The van der Waals surface area contributed by atoms with Crippen molar-refractivity contribution < 1.29 is 45.0 Å². The molecule has 6 aromatic rings. The summed E-state index contributed by atoms with van der Waals surface area (Å²) in [4.78, 5) is 17.8. The topological polar surface area (TPSA) is 73.1 Å². The van der Waals surface area contributed by atoms with Gasteiger partial charge in [-0.05, 0) is 88.9 Å². The Kier molecular flexibility index (Phi) is 14.5. The van der Waals surface area contributed by atoms with Crippen LogP contribution in [0.1, 0.15) is 43.0 Å². The zero-order chi connectivity index (χ0) is 42.5. The van der Waals surface area contributed by atoms with Crippen LogP contribution in [0.4, 0.5) is 5.69 Å². The lowest BCUT2D eigenvalue weighted by atomic mass is 9.80. The SMILES string of the molecule is COc1ccc(C(OC[C@@H](CO[Si](C)(C)C(C)(C)C)NC(=O)C[n+]2ccc(/C=C3\Sc4ccccc4N3C)c3ccccc32)(c2ccccc2)c2ccc(OC)cc2)cc1.[Br-]. The van der Waals surface area contributed by atoms with Crippen LogP contribution in [0, 0.1) is 0 Å². The third kappa shape index (κ3) is 9.92. The summed E-state index contributed by atoms with van der Waals surface area (Å²) in [6.07, 6.45) is 4.24. The maximum atomic E-state index is 14.3. The van der Waals surface area contributed by atoms with Crippen LogP contribution in [0.15, 0.2) is 150 Å². The van der Waals surface area contributed by atoms with Crippen LogP contribution >= 0.6 is 11.8 Å². The van der Waals surface area contributed by atoms with Gasteiger partial charge in [-0.25, -0.2) is 0 Å².